The highest BCUT2D eigenvalue weighted by atomic mass is 16.5. The number of carbonyl (C=O) groups is 2. The summed E-state index contributed by atoms with van der Waals surface area (Å²) in [5.41, 5.74) is 0.290. The molecule has 7 heteroatoms. The summed E-state index contributed by atoms with van der Waals surface area (Å²) in [4.78, 5) is 27.0. The van der Waals surface area contributed by atoms with E-state index < -0.39 is 5.60 Å². The smallest absolute Gasteiger partial charge is 0.292 e. The molecule has 7 nitrogen and oxygen atoms in total. The maximum atomic E-state index is 12.8. The average Bonchev–Trinajstić information content (AvgIpc) is 3.58. The van der Waals surface area contributed by atoms with E-state index in [2.05, 4.69) is 24.3 Å². The molecule has 0 spiro atoms. The number of aromatic nitrogens is 1. The van der Waals surface area contributed by atoms with Gasteiger partial charge in [-0.05, 0) is 44.4 Å². The molecular formula is C21H31N3O4. The summed E-state index contributed by atoms with van der Waals surface area (Å²) in [6.45, 7) is 8.12. The van der Waals surface area contributed by atoms with Crippen molar-refractivity contribution in [3.8, 4) is 0 Å². The molecule has 3 aliphatic rings. The monoisotopic (exact) mass is 389 g/mol. The predicted octanol–water partition coefficient (Wildman–Crippen LogP) is 2.58. The fraction of sp³-hybridized carbons (Fsp3) is 0.762. The molecule has 3 fully saturated rings. The minimum Gasteiger partial charge on any atom is -0.370 e. The van der Waals surface area contributed by atoms with E-state index in [4.69, 9.17) is 9.26 Å². The highest BCUT2D eigenvalue weighted by molar-refractivity contribution is 5.91. The number of morpholine rings is 1. The molecule has 1 aromatic rings. The first-order valence-electron chi connectivity index (χ1n) is 10.5. The van der Waals surface area contributed by atoms with Gasteiger partial charge >= 0.3 is 0 Å². The Labute approximate surface area is 166 Å². The van der Waals surface area contributed by atoms with Crippen LogP contribution in [0.2, 0.25) is 0 Å². The normalized spacial score (nSPS) is 29.8. The van der Waals surface area contributed by atoms with E-state index in [1.165, 1.54) is 0 Å². The first-order chi connectivity index (χ1) is 13.3. The number of nitrogens with one attached hydrogen (secondary N) is 1. The molecule has 1 aromatic heterocycles. The number of amides is 2. The topological polar surface area (TPSA) is 84.7 Å². The predicted molar refractivity (Wildman–Crippen MR) is 103 cm³/mol. The van der Waals surface area contributed by atoms with Gasteiger partial charge in [-0.25, -0.2) is 0 Å². The third kappa shape index (κ3) is 4.40. The van der Waals surface area contributed by atoms with Crippen LogP contribution in [0.15, 0.2) is 10.6 Å². The van der Waals surface area contributed by atoms with Gasteiger partial charge in [0.15, 0.2) is 0 Å². The number of hydrogen-bond acceptors (Lipinski definition) is 5. The first kappa shape index (κ1) is 19.4. The molecule has 2 aliphatic carbocycles. The van der Waals surface area contributed by atoms with Crippen LogP contribution in [0.4, 0.5) is 0 Å². The van der Waals surface area contributed by atoms with Crippen LogP contribution in [0.3, 0.4) is 0 Å². The van der Waals surface area contributed by atoms with Crippen molar-refractivity contribution in [2.45, 2.75) is 58.0 Å². The zero-order valence-corrected chi connectivity index (χ0v) is 17.1. The molecule has 3 atom stereocenters. The standard InChI is InChI=1S/C21H31N3O4/c1-13(2)8-15-9-16(15)19(25)22-11-21(3)12-24(6-7-27-21)20(26)18-10-17(23-28-18)14-4-5-14/h10,13-16H,4-9,11-12H2,1-3H3,(H,22,25)/t15-,16-,21?/m1/s1. The van der Waals surface area contributed by atoms with Crippen molar-refractivity contribution >= 4 is 11.8 Å². The quantitative estimate of drug-likeness (QED) is 0.775. The lowest BCUT2D eigenvalue weighted by Crippen LogP contribution is -2.57. The van der Waals surface area contributed by atoms with E-state index in [9.17, 15) is 9.59 Å². The summed E-state index contributed by atoms with van der Waals surface area (Å²) in [5.74, 6) is 2.00. The van der Waals surface area contributed by atoms with Gasteiger partial charge in [0.25, 0.3) is 5.91 Å². The molecule has 2 amide bonds. The molecule has 28 heavy (non-hydrogen) atoms. The maximum absolute atomic E-state index is 12.8. The van der Waals surface area contributed by atoms with Gasteiger partial charge in [0.2, 0.25) is 11.7 Å². The average molecular weight is 389 g/mol. The van der Waals surface area contributed by atoms with Gasteiger partial charge in [0, 0.05) is 31.0 Å². The SMILES string of the molecule is CC(C)C[C@@H]1C[C@H]1C(=O)NCC1(C)CN(C(=O)c2cc(C3CC3)no2)CCO1. The minimum atomic E-state index is -0.592. The molecule has 1 unspecified atom stereocenters. The summed E-state index contributed by atoms with van der Waals surface area (Å²) in [6, 6.07) is 1.77. The van der Waals surface area contributed by atoms with Gasteiger partial charge < -0.3 is 19.5 Å². The van der Waals surface area contributed by atoms with Crippen molar-refractivity contribution in [1.29, 1.82) is 0 Å². The van der Waals surface area contributed by atoms with Gasteiger partial charge in [0.05, 0.1) is 18.8 Å². The second-order valence-corrected chi connectivity index (χ2v) is 9.37. The Morgan fingerprint density at radius 2 is 2.18 bits per heavy atom. The van der Waals surface area contributed by atoms with E-state index in [-0.39, 0.29) is 17.7 Å². The number of nitrogens with zero attached hydrogens (tertiary/aromatic N) is 2. The van der Waals surface area contributed by atoms with Gasteiger partial charge in [0.1, 0.15) is 5.60 Å². The van der Waals surface area contributed by atoms with Gasteiger partial charge in [-0.3, -0.25) is 9.59 Å². The van der Waals surface area contributed by atoms with Crippen LogP contribution >= 0.6 is 0 Å². The van der Waals surface area contributed by atoms with E-state index in [1.54, 1.807) is 11.0 Å². The van der Waals surface area contributed by atoms with Gasteiger partial charge in [-0.15, -0.1) is 0 Å². The van der Waals surface area contributed by atoms with Crippen LogP contribution in [0.5, 0.6) is 0 Å². The summed E-state index contributed by atoms with van der Waals surface area (Å²) in [5, 5.41) is 7.08. The third-order valence-corrected chi connectivity index (χ3v) is 6.03. The maximum Gasteiger partial charge on any atom is 0.292 e. The molecule has 0 aromatic carbocycles. The lowest BCUT2D eigenvalue weighted by atomic mass is 10.0. The van der Waals surface area contributed by atoms with Crippen LogP contribution in [0.25, 0.3) is 0 Å². The van der Waals surface area contributed by atoms with Crippen molar-refractivity contribution in [2.75, 3.05) is 26.2 Å². The minimum absolute atomic E-state index is 0.114. The Morgan fingerprint density at radius 3 is 2.89 bits per heavy atom. The van der Waals surface area contributed by atoms with Crippen LogP contribution in [-0.2, 0) is 9.53 Å². The summed E-state index contributed by atoms with van der Waals surface area (Å²) < 4.78 is 11.2. The molecule has 1 aliphatic heterocycles. The van der Waals surface area contributed by atoms with Crippen molar-refractivity contribution in [3.63, 3.8) is 0 Å². The van der Waals surface area contributed by atoms with Crippen molar-refractivity contribution in [3.05, 3.63) is 17.5 Å². The fourth-order valence-corrected chi connectivity index (χ4v) is 4.17. The first-order valence-corrected chi connectivity index (χ1v) is 10.5. The van der Waals surface area contributed by atoms with Crippen molar-refractivity contribution < 1.29 is 18.8 Å². The molecular weight excluding hydrogens is 358 g/mol. The highest BCUT2D eigenvalue weighted by Crippen LogP contribution is 2.43. The van der Waals surface area contributed by atoms with E-state index in [0.717, 1.165) is 31.4 Å². The zero-order chi connectivity index (χ0) is 19.9. The van der Waals surface area contributed by atoms with Gasteiger partial charge in [-0.1, -0.05) is 19.0 Å². The summed E-state index contributed by atoms with van der Waals surface area (Å²) >= 11 is 0. The van der Waals surface area contributed by atoms with Crippen LogP contribution in [-0.4, -0.2) is 53.7 Å². The Balaban J connectivity index is 1.29. The summed E-state index contributed by atoms with van der Waals surface area (Å²) in [6.07, 6.45) is 4.33. The number of carbonyl (C=O) groups excluding carboxylic acids is 2. The molecule has 0 bridgehead atoms. The molecule has 4 rings (SSSR count). The van der Waals surface area contributed by atoms with E-state index >= 15 is 0 Å². The largest absolute Gasteiger partial charge is 0.370 e. The Hall–Kier alpha value is -1.89. The Bertz CT molecular complexity index is 742. The number of hydrogen-bond donors (Lipinski definition) is 1. The van der Waals surface area contributed by atoms with Crippen molar-refractivity contribution in [1.82, 2.24) is 15.4 Å². The van der Waals surface area contributed by atoms with Crippen molar-refractivity contribution in [2.24, 2.45) is 17.8 Å². The summed E-state index contributed by atoms with van der Waals surface area (Å²) in [7, 11) is 0. The Morgan fingerprint density at radius 1 is 1.39 bits per heavy atom. The molecule has 154 valence electrons. The molecule has 0 radical (unpaired) electrons. The van der Waals surface area contributed by atoms with Crippen LogP contribution in [0.1, 0.15) is 68.6 Å². The fourth-order valence-electron chi connectivity index (χ4n) is 4.17. The zero-order valence-electron chi connectivity index (χ0n) is 17.1. The highest BCUT2D eigenvalue weighted by Gasteiger charge is 2.44. The van der Waals surface area contributed by atoms with E-state index in [0.29, 0.717) is 49.8 Å². The van der Waals surface area contributed by atoms with Crippen LogP contribution < -0.4 is 5.32 Å². The number of ether oxygens (including phenoxy) is 1. The second kappa shape index (κ2) is 7.50. The number of rotatable bonds is 7. The molecule has 1 N–H and O–H groups in total. The third-order valence-electron chi connectivity index (χ3n) is 6.03. The molecule has 2 saturated carbocycles. The van der Waals surface area contributed by atoms with E-state index in [1.807, 2.05) is 6.92 Å². The molecule has 2 heterocycles. The van der Waals surface area contributed by atoms with Crippen LogP contribution in [0, 0.1) is 17.8 Å². The molecule has 1 saturated heterocycles. The lowest BCUT2D eigenvalue weighted by Gasteiger charge is -2.40. The van der Waals surface area contributed by atoms with Gasteiger partial charge in [-0.2, -0.15) is 0 Å². The lowest BCUT2D eigenvalue weighted by molar-refractivity contribution is -0.126. The Kier molecular flexibility index (Phi) is 5.21. The second-order valence-electron chi connectivity index (χ2n) is 9.37.